The standard InChI is InChI=1S/C20H28N4O2/c1-26-13-12-24-18(22-17-8-5-10-21-19(17)24)16-9-11-23(14-16)20(25)15-6-3-2-4-7-15/h5,8,10,15-16H,2-4,6-7,9,11-14H2,1H3/t16-/m0/s1. The van der Waals surface area contributed by atoms with Crippen molar-refractivity contribution in [3.05, 3.63) is 24.2 Å². The zero-order valence-electron chi connectivity index (χ0n) is 15.6. The van der Waals surface area contributed by atoms with E-state index in [0.717, 1.165) is 55.9 Å². The molecule has 0 radical (unpaired) electrons. The molecule has 140 valence electrons. The molecule has 2 aliphatic rings. The average molecular weight is 356 g/mol. The fourth-order valence-electron chi connectivity index (χ4n) is 4.47. The van der Waals surface area contributed by atoms with Gasteiger partial charge in [-0.1, -0.05) is 19.3 Å². The number of nitrogens with zero attached hydrogens (tertiary/aromatic N) is 4. The van der Waals surface area contributed by atoms with Crippen LogP contribution < -0.4 is 0 Å². The predicted molar refractivity (Wildman–Crippen MR) is 99.9 cm³/mol. The van der Waals surface area contributed by atoms with Crippen molar-refractivity contribution in [2.45, 2.75) is 51.0 Å². The minimum Gasteiger partial charge on any atom is -0.383 e. The summed E-state index contributed by atoms with van der Waals surface area (Å²) in [7, 11) is 1.71. The largest absolute Gasteiger partial charge is 0.383 e. The van der Waals surface area contributed by atoms with Crippen molar-refractivity contribution >= 4 is 17.1 Å². The quantitative estimate of drug-likeness (QED) is 0.826. The molecule has 1 saturated carbocycles. The van der Waals surface area contributed by atoms with Gasteiger partial charge in [0.2, 0.25) is 5.91 Å². The van der Waals surface area contributed by atoms with Crippen molar-refractivity contribution in [2.75, 3.05) is 26.8 Å². The molecule has 0 bridgehead atoms. The number of carbonyl (C=O) groups is 1. The first-order chi connectivity index (χ1) is 12.8. The Kier molecular flexibility index (Phi) is 5.20. The summed E-state index contributed by atoms with van der Waals surface area (Å²) in [4.78, 5) is 24.3. The number of imidazole rings is 1. The van der Waals surface area contributed by atoms with Gasteiger partial charge in [-0.2, -0.15) is 0 Å². The molecule has 3 heterocycles. The Hall–Kier alpha value is -1.95. The van der Waals surface area contributed by atoms with Gasteiger partial charge in [0.1, 0.15) is 11.3 Å². The van der Waals surface area contributed by atoms with Crippen LogP contribution in [0.5, 0.6) is 0 Å². The summed E-state index contributed by atoms with van der Waals surface area (Å²) in [5, 5.41) is 0. The number of ether oxygens (including phenoxy) is 1. The van der Waals surface area contributed by atoms with E-state index in [1.165, 1.54) is 19.3 Å². The monoisotopic (exact) mass is 356 g/mol. The molecule has 2 aromatic heterocycles. The molecular formula is C20H28N4O2. The molecule has 1 amide bonds. The molecule has 0 aromatic carbocycles. The van der Waals surface area contributed by atoms with E-state index in [4.69, 9.17) is 9.72 Å². The fraction of sp³-hybridized carbons (Fsp3) is 0.650. The van der Waals surface area contributed by atoms with E-state index in [-0.39, 0.29) is 11.8 Å². The Labute approximate surface area is 154 Å². The lowest BCUT2D eigenvalue weighted by atomic mass is 9.88. The van der Waals surface area contributed by atoms with Crippen LogP contribution >= 0.6 is 0 Å². The normalized spacial score (nSPS) is 21.6. The van der Waals surface area contributed by atoms with Crippen molar-refractivity contribution in [1.29, 1.82) is 0 Å². The number of amides is 1. The third-order valence-electron chi connectivity index (χ3n) is 5.87. The van der Waals surface area contributed by atoms with Crippen LogP contribution in [0.15, 0.2) is 18.3 Å². The summed E-state index contributed by atoms with van der Waals surface area (Å²) in [5.41, 5.74) is 1.84. The maximum atomic E-state index is 12.9. The van der Waals surface area contributed by atoms with Gasteiger partial charge in [0.15, 0.2) is 5.65 Å². The molecule has 1 saturated heterocycles. The van der Waals surface area contributed by atoms with E-state index in [2.05, 4.69) is 14.5 Å². The van der Waals surface area contributed by atoms with Gasteiger partial charge >= 0.3 is 0 Å². The van der Waals surface area contributed by atoms with Gasteiger partial charge in [-0.25, -0.2) is 9.97 Å². The molecule has 2 fully saturated rings. The SMILES string of the molecule is COCCn1c([C@H]2CCN(C(=O)C3CCCCC3)C2)nc2cccnc21. The number of hydrogen-bond acceptors (Lipinski definition) is 4. The van der Waals surface area contributed by atoms with Crippen LogP contribution in [0.25, 0.3) is 11.2 Å². The highest BCUT2D eigenvalue weighted by Crippen LogP contribution is 2.32. The van der Waals surface area contributed by atoms with Gasteiger partial charge in [-0.05, 0) is 31.4 Å². The molecule has 1 aliphatic heterocycles. The molecule has 6 heteroatoms. The summed E-state index contributed by atoms with van der Waals surface area (Å²) in [5.74, 6) is 1.95. The highest BCUT2D eigenvalue weighted by molar-refractivity contribution is 5.79. The smallest absolute Gasteiger partial charge is 0.225 e. The van der Waals surface area contributed by atoms with Crippen molar-refractivity contribution in [1.82, 2.24) is 19.4 Å². The molecular weight excluding hydrogens is 328 g/mol. The Morgan fingerprint density at radius 2 is 2.12 bits per heavy atom. The van der Waals surface area contributed by atoms with Crippen molar-refractivity contribution in [3.63, 3.8) is 0 Å². The van der Waals surface area contributed by atoms with Gasteiger partial charge in [0, 0.05) is 44.8 Å². The third-order valence-corrected chi connectivity index (χ3v) is 5.87. The van der Waals surface area contributed by atoms with Gasteiger partial charge in [0.05, 0.1) is 6.61 Å². The Morgan fingerprint density at radius 3 is 2.92 bits per heavy atom. The number of aromatic nitrogens is 3. The van der Waals surface area contributed by atoms with Crippen LogP contribution in [0.3, 0.4) is 0 Å². The molecule has 4 rings (SSSR count). The second-order valence-electron chi connectivity index (χ2n) is 7.57. The van der Waals surface area contributed by atoms with E-state index < -0.39 is 0 Å². The van der Waals surface area contributed by atoms with Crippen molar-refractivity contribution < 1.29 is 9.53 Å². The number of methoxy groups -OCH3 is 1. The summed E-state index contributed by atoms with van der Waals surface area (Å²) < 4.78 is 7.46. The molecule has 0 N–H and O–H groups in total. The van der Waals surface area contributed by atoms with Crippen LogP contribution in [0.4, 0.5) is 0 Å². The predicted octanol–water partition coefficient (Wildman–Crippen LogP) is 2.97. The highest BCUT2D eigenvalue weighted by atomic mass is 16.5. The Morgan fingerprint density at radius 1 is 1.27 bits per heavy atom. The van der Waals surface area contributed by atoms with E-state index in [1.54, 1.807) is 7.11 Å². The number of rotatable bonds is 5. The molecule has 0 spiro atoms. The van der Waals surface area contributed by atoms with Crippen LogP contribution in [-0.2, 0) is 16.1 Å². The molecule has 1 aliphatic carbocycles. The van der Waals surface area contributed by atoms with E-state index >= 15 is 0 Å². The summed E-state index contributed by atoms with van der Waals surface area (Å²) in [6.07, 6.45) is 8.60. The molecule has 1 atom stereocenters. The van der Waals surface area contributed by atoms with Crippen molar-refractivity contribution in [2.24, 2.45) is 5.92 Å². The second kappa shape index (κ2) is 7.74. The number of fused-ring (bicyclic) bond motifs is 1. The number of hydrogen-bond donors (Lipinski definition) is 0. The molecule has 6 nitrogen and oxygen atoms in total. The summed E-state index contributed by atoms with van der Waals surface area (Å²) in [6.45, 7) is 3.01. The Balaban J connectivity index is 1.53. The van der Waals surface area contributed by atoms with Crippen LogP contribution in [0.1, 0.15) is 50.3 Å². The number of carbonyl (C=O) groups excluding carboxylic acids is 1. The first kappa shape index (κ1) is 17.5. The van der Waals surface area contributed by atoms with Gasteiger partial charge in [0.25, 0.3) is 0 Å². The lowest BCUT2D eigenvalue weighted by Gasteiger charge is -2.26. The Bertz CT molecular complexity index is 766. The topological polar surface area (TPSA) is 60.2 Å². The minimum absolute atomic E-state index is 0.247. The van der Waals surface area contributed by atoms with Crippen LogP contribution in [0, 0.1) is 5.92 Å². The zero-order valence-corrected chi connectivity index (χ0v) is 15.6. The van der Waals surface area contributed by atoms with Crippen LogP contribution in [-0.4, -0.2) is 52.1 Å². The van der Waals surface area contributed by atoms with E-state index in [1.807, 2.05) is 18.3 Å². The molecule has 2 aromatic rings. The maximum absolute atomic E-state index is 12.9. The van der Waals surface area contributed by atoms with E-state index in [0.29, 0.717) is 12.5 Å². The molecule has 0 unspecified atom stereocenters. The maximum Gasteiger partial charge on any atom is 0.225 e. The average Bonchev–Trinajstić information content (AvgIpc) is 3.31. The van der Waals surface area contributed by atoms with Gasteiger partial charge in [-0.15, -0.1) is 0 Å². The van der Waals surface area contributed by atoms with Crippen molar-refractivity contribution in [3.8, 4) is 0 Å². The number of likely N-dealkylation sites (tertiary alicyclic amines) is 1. The first-order valence-electron chi connectivity index (χ1n) is 9.87. The number of pyridine rings is 1. The highest BCUT2D eigenvalue weighted by Gasteiger charge is 2.34. The third kappa shape index (κ3) is 3.34. The van der Waals surface area contributed by atoms with Crippen LogP contribution in [0.2, 0.25) is 0 Å². The summed E-state index contributed by atoms with van der Waals surface area (Å²) >= 11 is 0. The lowest BCUT2D eigenvalue weighted by Crippen LogP contribution is -2.35. The van der Waals surface area contributed by atoms with Gasteiger partial charge in [-0.3, -0.25) is 4.79 Å². The van der Waals surface area contributed by atoms with E-state index in [9.17, 15) is 4.79 Å². The first-order valence-corrected chi connectivity index (χ1v) is 9.87. The zero-order chi connectivity index (χ0) is 17.9. The minimum atomic E-state index is 0.247. The summed E-state index contributed by atoms with van der Waals surface area (Å²) in [6, 6.07) is 3.93. The second-order valence-corrected chi connectivity index (χ2v) is 7.57. The lowest BCUT2D eigenvalue weighted by molar-refractivity contribution is -0.135. The van der Waals surface area contributed by atoms with Gasteiger partial charge < -0.3 is 14.2 Å². The fourth-order valence-corrected chi connectivity index (χ4v) is 4.47. The molecule has 26 heavy (non-hydrogen) atoms.